The van der Waals surface area contributed by atoms with Crippen molar-refractivity contribution < 1.29 is 9.50 Å². The summed E-state index contributed by atoms with van der Waals surface area (Å²) >= 11 is 5.72. The normalized spacial score (nSPS) is 32.7. The monoisotopic (exact) mass is 259 g/mol. The van der Waals surface area contributed by atoms with E-state index >= 15 is 0 Å². The molecule has 1 saturated carbocycles. The van der Waals surface area contributed by atoms with E-state index in [-0.39, 0.29) is 5.92 Å². The van der Waals surface area contributed by atoms with Gasteiger partial charge in [0.25, 0.3) is 0 Å². The molecule has 1 aromatic rings. The molecule has 0 radical (unpaired) electrons. The SMILES string of the molecule is CC[C@H]1C[C@@H](Nc2cc(Cl)ncn2)[C@@H](F)[C@@H]1O. The largest absolute Gasteiger partial charge is 0.390 e. The molecule has 0 amide bonds. The Morgan fingerprint density at radius 2 is 2.35 bits per heavy atom. The molecular weight excluding hydrogens is 245 g/mol. The molecule has 4 atom stereocenters. The second-order valence-electron chi connectivity index (χ2n) is 4.32. The van der Waals surface area contributed by atoms with Crippen LogP contribution in [0.25, 0.3) is 0 Å². The molecule has 0 aliphatic heterocycles. The molecule has 6 heteroatoms. The molecule has 94 valence electrons. The molecule has 0 spiro atoms. The highest BCUT2D eigenvalue weighted by Crippen LogP contribution is 2.32. The molecule has 1 aromatic heterocycles. The number of hydrogen-bond acceptors (Lipinski definition) is 4. The number of hydrogen-bond donors (Lipinski definition) is 2. The number of aliphatic hydroxyl groups excluding tert-OH is 1. The summed E-state index contributed by atoms with van der Waals surface area (Å²) in [5, 5.41) is 13.0. The van der Waals surface area contributed by atoms with Crippen molar-refractivity contribution in [2.45, 2.75) is 38.1 Å². The first-order chi connectivity index (χ1) is 8.11. The average Bonchev–Trinajstić information content (AvgIpc) is 2.57. The fourth-order valence-corrected chi connectivity index (χ4v) is 2.39. The fraction of sp³-hybridized carbons (Fsp3) is 0.636. The van der Waals surface area contributed by atoms with E-state index in [1.807, 2.05) is 6.92 Å². The van der Waals surface area contributed by atoms with Crippen LogP contribution < -0.4 is 5.32 Å². The van der Waals surface area contributed by atoms with Gasteiger partial charge in [-0.3, -0.25) is 0 Å². The molecule has 1 heterocycles. The van der Waals surface area contributed by atoms with Crippen LogP contribution in [0.2, 0.25) is 5.15 Å². The Hall–Kier alpha value is -0.940. The number of aromatic nitrogens is 2. The molecule has 1 aliphatic rings. The minimum Gasteiger partial charge on any atom is -0.390 e. The van der Waals surface area contributed by atoms with Crippen LogP contribution in [-0.2, 0) is 0 Å². The lowest BCUT2D eigenvalue weighted by Crippen LogP contribution is -2.31. The quantitative estimate of drug-likeness (QED) is 0.816. The first-order valence-corrected chi connectivity index (χ1v) is 6.05. The fourth-order valence-electron chi connectivity index (χ4n) is 2.24. The molecular formula is C11H15ClFN3O. The van der Waals surface area contributed by atoms with Gasteiger partial charge in [0.15, 0.2) is 0 Å². The van der Waals surface area contributed by atoms with Crippen LogP contribution in [0.1, 0.15) is 19.8 Å². The van der Waals surface area contributed by atoms with Crippen LogP contribution in [0.4, 0.5) is 10.2 Å². The third-order valence-corrected chi connectivity index (χ3v) is 3.45. The van der Waals surface area contributed by atoms with Crippen molar-refractivity contribution in [2.75, 3.05) is 5.32 Å². The molecule has 4 nitrogen and oxygen atoms in total. The third kappa shape index (κ3) is 2.66. The van der Waals surface area contributed by atoms with Crippen LogP contribution in [-0.4, -0.2) is 33.4 Å². The lowest BCUT2D eigenvalue weighted by atomic mass is 10.0. The van der Waals surface area contributed by atoms with Gasteiger partial charge in [-0.15, -0.1) is 0 Å². The minimum absolute atomic E-state index is 0.000177. The first-order valence-electron chi connectivity index (χ1n) is 5.68. The predicted molar refractivity (Wildman–Crippen MR) is 63.8 cm³/mol. The molecule has 0 saturated heterocycles. The molecule has 2 N–H and O–H groups in total. The summed E-state index contributed by atoms with van der Waals surface area (Å²) in [5.74, 6) is 0.487. The van der Waals surface area contributed by atoms with Gasteiger partial charge in [-0.2, -0.15) is 0 Å². The van der Waals surface area contributed by atoms with Gasteiger partial charge in [0.1, 0.15) is 23.5 Å². The standard InChI is InChI=1S/C11H15ClFN3O/c1-2-6-3-7(10(13)11(6)17)16-9-4-8(12)14-5-15-9/h4-7,10-11,17H,2-3H2,1H3,(H,14,15,16)/t6-,7+,10+,11+/m0/s1. The van der Waals surface area contributed by atoms with Crippen LogP contribution in [0, 0.1) is 5.92 Å². The summed E-state index contributed by atoms with van der Waals surface area (Å²) in [4.78, 5) is 7.71. The first kappa shape index (κ1) is 12.5. The number of alkyl halides is 1. The summed E-state index contributed by atoms with van der Waals surface area (Å²) in [7, 11) is 0. The van der Waals surface area contributed by atoms with Crippen molar-refractivity contribution in [3.8, 4) is 0 Å². The van der Waals surface area contributed by atoms with Crippen LogP contribution in [0.15, 0.2) is 12.4 Å². The van der Waals surface area contributed by atoms with E-state index in [1.165, 1.54) is 6.33 Å². The maximum atomic E-state index is 13.8. The number of halogens is 2. The van der Waals surface area contributed by atoms with Gasteiger partial charge in [-0.1, -0.05) is 24.9 Å². The highest BCUT2D eigenvalue weighted by molar-refractivity contribution is 6.29. The van der Waals surface area contributed by atoms with Crippen LogP contribution in [0.3, 0.4) is 0 Å². The van der Waals surface area contributed by atoms with Gasteiger partial charge in [0, 0.05) is 6.07 Å². The maximum absolute atomic E-state index is 13.8. The number of anilines is 1. The summed E-state index contributed by atoms with van der Waals surface area (Å²) in [6.07, 6.45) is 0.522. The van der Waals surface area contributed by atoms with E-state index < -0.39 is 18.3 Å². The van der Waals surface area contributed by atoms with E-state index in [2.05, 4.69) is 15.3 Å². The predicted octanol–water partition coefficient (Wildman–Crippen LogP) is 2.04. The topological polar surface area (TPSA) is 58.0 Å². The Labute approximate surface area is 104 Å². The van der Waals surface area contributed by atoms with E-state index in [0.29, 0.717) is 17.4 Å². The minimum atomic E-state index is -1.27. The second-order valence-corrected chi connectivity index (χ2v) is 4.70. The number of aliphatic hydroxyl groups is 1. The van der Waals surface area contributed by atoms with Gasteiger partial charge in [0.05, 0.1) is 12.1 Å². The molecule has 1 aliphatic carbocycles. The molecule has 1 fully saturated rings. The summed E-state index contributed by atoms with van der Waals surface area (Å²) in [5.41, 5.74) is 0. The molecule has 0 bridgehead atoms. The highest BCUT2D eigenvalue weighted by Gasteiger charge is 2.41. The van der Waals surface area contributed by atoms with Crippen molar-refractivity contribution in [3.05, 3.63) is 17.5 Å². The maximum Gasteiger partial charge on any atom is 0.146 e. The molecule has 0 unspecified atom stereocenters. The van der Waals surface area contributed by atoms with E-state index in [9.17, 15) is 9.50 Å². The van der Waals surface area contributed by atoms with Gasteiger partial charge < -0.3 is 10.4 Å². The van der Waals surface area contributed by atoms with Crippen LogP contribution in [0.5, 0.6) is 0 Å². The van der Waals surface area contributed by atoms with E-state index in [4.69, 9.17) is 11.6 Å². The summed E-state index contributed by atoms with van der Waals surface area (Å²) in [6.45, 7) is 1.95. The Morgan fingerprint density at radius 3 is 2.94 bits per heavy atom. The molecule has 2 rings (SSSR count). The Bertz CT molecular complexity index is 393. The lowest BCUT2D eigenvalue weighted by molar-refractivity contribution is 0.0658. The van der Waals surface area contributed by atoms with Crippen molar-refractivity contribution in [3.63, 3.8) is 0 Å². The number of nitrogens with zero attached hydrogens (tertiary/aromatic N) is 2. The summed E-state index contributed by atoms with van der Waals surface area (Å²) in [6, 6.07) is 1.13. The smallest absolute Gasteiger partial charge is 0.146 e. The zero-order valence-electron chi connectivity index (χ0n) is 9.48. The summed E-state index contributed by atoms with van der Waals surface area (Å²) < 4.78 is 13.8. The van der Waals surface area contributed by atoms with Crippen molar-refractivity contribution in [1.82, 2.24) is 9.97 Å². The zero-order chi connectivity index (χ0) is 12.4. The van der Waals surface area contributed by atoms with Gasteiger partial charge >= 0.3 is 0 Å². The molecule has 17 heavy (non-hydrogen) atoms. The van der Waals surface area contributed by atoms with Gasteiger partial charge in [-0.25, -0.2) is 14.4 Å². The Kier molecular flexibility index (Phi) is 3.79. The number of rotatable bonds is 3. The number of nitrogens with one attached hydrogen (secondary N) is 1. The Balaban J connectivity index is 2.05. The zero-order valence-corrected chi connectivity index (χ0v) is 10.2. The lowest BCUT2D eigenvalue weighted by Gasteiger charge is -2.16. The Morgan fingerprint density at radius 1 is 1.59 bits per heavy atom. The average molecular weight is 260 g/mol. The van der Waals surface area contributed by atoms with Crippen molar-refractivity contribution in [2.24, 2.45) is 5.92 Å². The van der Waals surface area contributed by atoms with Crippen molar-refractivity contribution >= 4 is 17.4 Å². The molecule has 0 aromatic carbocycles. The van der Waals surface area contributed by atoms with E-state index in [1.54, 1.807) is 6.07 Å². The van der Waals surface area contributed by atoms with E-state index in [0.717, 1.165) is 6.42 Å². The van der Waals surface area contributed by atoms with Gasteiger partial charge in [0.2, 0.25) is 0 Å². The van der Waals surface area contributed by atoms with Crippen molar-refractivity contribution in [1.29, 1.82) is 0 Å². The van der Waals surface area contributed by atoms with Crippen LogP contribution >= 0.6 is 11.6 Å². The second kappa shape index (κ2) is 5.14. The highest BCUT2D eigenvalue weighted by atomic mass is 35.5. The third-order valence-electron chi connectivity index (χ3n) is 3.24. The van der Waals surface area contributed by atoms with Gasteiger partial charge in [-0.05, 0) is 12.3 Å².